The molecule has 8 nitrogen and oxygen atoms in total. The number of likely N-dealkylation sites (N-methyl/N-ethyl adjacent to an activating group) is 1. The number of hydrogen-bond acceptors (Lipinski definition) is 6. The van der Waals surface area contributed by atoms with Crippen molar-refractivity contribution in [2.24, 2.45) is 0 Å². The number of allylic oxidation sites excluding steroid dienone is 4. The maximum atomic E-state index is 12.8. The molecule has 0 fully saturated rings. The van der Waals surface area contributed by atoms with Gasteiger partial charge in [0.1, 0.15) is 19.3 Å². The van der Waals surface area contributed by atoms with Gasteiger partial charge in [-0.1, -0.05) is 231 Å². The summed E-state index contributed by atoms with van der Waals surface area (Å²) in [4.78, 5) is 23.0. The largest absolute Gasteiger partial charge is 0.472 e. The van der Waals surface area contributed by atoms with E-state index >= 15 is 0 Å². The van der Waals surface area contributed by atoms with Crippen LogP contribution in [-0.4, -0.2) is 75.6 Å². The minimum absolute atomic E-state index is 0.0887. The highest BCUT2D eigenvalue weighted by molar-refractivity contribution is 7.47. The molecule has 0 aromatic rings. The Bertz CT molecular complexity index is 1060. The van der Waals surface area contributed by atoms with Gasteiger partial charge in [0, 0.05) is 13.0 Å². The van der Waals surface area contributed by atoms with Crippen LogP contribution in [0.5, 0.6) is 0 Å². The van der Waals surface area contributed by atoms with E-state index < -0.39 is 13.9 Å². The zero-order chi connectivity index (χ0) is 46.2. The molecule has 2 atom stereocenters. The molecule has 0 spiro atoms. The number of nitrogens with zero attached hydrogens (tertiary/aromatic N) is 1. The zero-order valence-electron chi connectivity index (χ0n) is 42.6. The Kier molecular flexibility index (Phi) is 46.7. The summed E-state index contributed by atoms with van der Waals surface area (Å²) >= 11 is 0. The van der Waals surface area contributed by atoms with Gasteiger partial charge >= 0.3 is 13.8 Å². The normalized spacial score (nSPS) is 13.7. The molecule has 0 aliphatic carbocycles. The lowest BCUT2D eigenvalue weighted by molar-refractivity contribution is -0.870. The van der Waals surface area contributed by atoms with Gasteiger partial charge < -0.3 is 18.9 Å². The fourth-order valence-corrected chi connectivity index (χ4v) is 8.56. The van der Waals surface area contributed by atoms with Gasteiger partial charge in [0.2, 0.25) is 0 Å². The summed E-state index contributed by atoms with van der Waals surface area (Å²) in [5, 5.41) is 0. The molecule has 9 heteroatoms. The molecule has 0 bridgehead atoms. The Labute approximate surface area is 392 Å². The second kappa shape index (κ2) is 47.5. The topological polar surface area (TPSA) is 91.3 Å². The van der Waals surface area contributed by atoms with E-state index in [0.717, 1.165) is 44.9 Å². The molecular weight excluding hydrogens is 806 g/mol. The van der Waals surface area contributed by atoms with Crippen LogP contribution in [0.15, 0.2) is 24.3 Å². The second-order valence-corrected chi connectivity index (χ2v) is 21.1. The number of carbonyl (C=O) groups is 1. The van der Waals surface area contributed by atoms with Gasteiger partial charge in [-0.25, -0.2) is 4.57 Å². The molecule has 0 aliphatic heterocycles. The first kappa shape index (κ1) is 62.0. The Morgan fingerprint density at radius 2 is 0.873 bits per heavy atom. The van der Waals surface area contributed by atoms with Gasteiger partial charge in [-0.15, -0.1) is 0 Å². The minimum Gasteiger partial charge on any atom is -0.457 e. The average Bonchev–Trinajstić information content (AvgIpc) is 3.24. The molecule has 0 heterocycles. The van der Waals surface area contributed by atoms with E-state index in [1.165, 1.54) is 193 Å². The number of carbonyl (C=O) groups excluding carboxylic acids is 1. The first-order chi connectivity index (χ1) is 30.6. The summed E-state index contributed by atoms with van der Waals surface area (Å²) < 4.78 is 35.2. The first-order valence-electron chi connectivity index (χ1n) is 27.1. The highest BCUT2D eigenvalue weighted by Crippen LogP contribution is 2.43. The Morgan fingerprint density at radius 3 is 1.32 bits per heavy atom. The summed E-state index contributed by atoms with van der Waals surface area (Å²) in [6.07, 6.45) is 56.6. The lowest BCUT2D eigenvalue weighted by Gasteiger charge is -2.24. The summed E-state index contributed by atoms with van der Waals surface area (Å²) in [5.41, 5.74) is 0. The zero-order valence-corrected chi connectivity index (χ0v) is 43.5. The van der Waals surface area contributed by atoms with Gasteiger partial charge in [0.25, 0.3) is 0 Å². The van der Waals surface area contributed by atoms with Crippen LogP contribution in [0, 0.1) is 0 Å². The lowest BCUT2D eigenvalue weighted by Crippen LogP contribution is -2.37. The van der Waals surface area contributed by atoms with Crippen LogP contribution in [0.2, 0.25) is 0 Å². The Morgan fingerprint density at radius 1 is 0.492 bits per heavy atom. The number of phosphoric ester groups is 1. The molecule has 63 heavy (non-hydrogen) atoms. The van der Waals surface area contributed by atoms with E-state index in [2.05, 4.69) is 38.2 Å². The molecule has 0 aromatic carbocycles. The first-order valence-corrected chi connectivity index (χ1v) is 28.6. The maximum Gasteiger partial charge on any atom is 0.472 e. The lowest BCUT2D eigenvalue weighted by atomic mass is 10.0. The van der Waals surface area contributed by atoms with E-state index in [1.807, 2.05) is 21.1 Å². The van der Waals surface area contributed by atoms with Crippen molar-refractivity contribution < 1.29 is 37.3 Å². The molecule has 0 aliphatic rings. The van der Waals surface area contributed by atoms with Crippen molar-refractivity contribution in [1.82, 2.24) is 0 Å². The van der Waals surface area contributed by atoms with Crippen molar-refractivity contribution in [1.29, 1.82) is 0 Å². The predicted molar refractivity (Wildman–Crippen MR) is 270 cm³/mol. The predicted octanol–water partition coefficient (Wildman–Crippen LogP) is 16.7. The highest BCUT2D eigenvalue weighted by Gasteiger charge is 2.26. The molecule has 0 saturated heterocycles. The molecule has 0 amide bonds. The molecule has 2 unspecified atom stereocenters. The number of unbranched alkanes of at least 4 members (excludes halogenated alkanes) is 33. The van der Waals surface area contributed by atoms with E-state index in [1.54, 1.807) is 0 Å². The van der Waals surface area contributed by atoms with Crippen molar-refractivity contribution >= 4 is 13.8 Å². The monoisotopic (exact) mass is 913 g/mol. The van der Waals surface area contributed by atoms with Crippen LogP contribution in [0.3, 0.4) is 0 Å². The van der Waals surface area contributed by atoms with Crippen LogP contribution in [0.1, 0.15) is 258 Å². The number of esters is 1. The quantitative estimate of drug-likeness (QED) is 0.0214. The van der Waals surface area contributed by atoms with Gasteiger partial charge in [0.05, 0.1) is 34.4 Å². The van der Waals surface area contributed by atoms with E-state index in [0.29, 0.717) is 24.1 Å². The summed E-state index contributed by atoms with van der Waals surface area (Å²) in [6, 6.07) is 0. The minimum atomic E-state index is -4.28. The highest BCUT2D eigenvalue weighted by atomic mass is 31.2. The fraction of sp³-hybridized carbons (Fsp3) is 0.907. The summed E-state index contributed by atoms with van der Waals surface area (Å²) in [5.74, 6) is -0.311. The number of rotatable bonds is 51. The Hall–Kier alpha value is -1.02. The van der Waals surface area contributed by atoms with Crippen molar-refractivity contribution in [2.75, 3.05) is 54.1 Å². The average molecular weight is 913 g/mol. The second-order valence-electron chi connectivity index (χ2n) is 19.6. The molecule has 374 valence electrons. The van der Waals surface area contributed by atoms with E-state index in [4.69, 9.17) is 18.5 Å². The standard InChI is InChI=1S/C54H106NO7P/c1-6-8-10-12-14-16-18-20-22-24-25-26-27-28-29-30-31-32-33-35-37-39-41-43-45-47-54(56)62-53(52-61-63(57,58)60-50-48-55(3,4)5)51-59-49-46-44-42-40-38-36-34-23-21-19-17-15-13-11-9-7-2/h15,17,21,23,53H,6-14,16,18-20,22,24-52H2,1-5H3/p+1/b17-15-,23-21-. The van der Waals surface area contributed by atoms with Crippen molar-refractivity contribution in [3.05, 3.63) is 24.3 Å². The van der Waals surface area contributed by atoms with Gasteiger partial charge in [-0.2, -0.15) is 0 Å². The van der Waals surface area contributed by atoms with Crippen molar-refractivity contribution in [2.45, 2.75) is 264 Å². The van der Waals surface area contributed by atoms with Gasteiger partial charge in [0.15, 0.2) is 0 Å². The van der Waals surface area contributed by atoms with Gasteiger partial charge in [-0.3, -0.25) is 13.8 Å². The molecule has 1 N–H and O–H groups in total. The van der Waals surface area contributed by atoms with E-state index in [9.17, 15) is 14.3 Å². The third kappa shape index (κ3) is 51.8. The molecule has 0 rings (SSSR count). The summed E-state index contributed by atoms with van der Waals surface area (Å²) in [7, 11) is 1.67. The number of quaternary nitrogens is 1. The molecule has 0 saturated carbocycles. The van der Waals surface area contributed by atoms with Gasteiger partial charge in [-0.05, 0) is 44.9 Å². The van der Waals surface area contributed by atoms with Crippen molar-refractivity contribution in [3.63, 3.8) is 0 Å². The molecular formula is C54H107NO7P+. The van der Waals surface area contributed by atoms with Crippen LogP contribution in [0.25, 0.3) is 0 Å². The smallest absolute Gasteiger partial charge is 0.457 e. The number of phosphoric acid groups is 1. The third-order valence-electron chi connectivity index (χ3n) is 12.0. The van der Waals surface area contributed by atoms with Crippen molar-refractivity contribution in [3.8, 4) is 0 Å². The van der Waals surface area contributed by atoms with Crippen LogP contribution in [0.4, 0.5) is 0 Å². The fourth-order valence-electron chi connectivity index (χ4n) is 7.82. The summed E-state index contributed by atoms with van der Waals surface area (Å²) in [6.45, 7) is 5.63. The Balaban J connectivity index is 4.04. The van der Waals surface area contributed by atoms with E-state index in [-0.39, 0.29) is 25.8 Å². The number of hydrogen-bond donors (Lipinski definition) is 1. The molecule has 0 radical (unpaired) electrons. The van der Waals surface area contributed by atoms with Crippen LogP contribution in [-0.2, 0) is 27.9 Å². The molecule has 0 aromatic heterocycles. The number of ether oxygens (including phenoxy) is 2. The van der Waals surface area contributed by atoms with Crippen LogP contribution < -0.4 is 0 Å². The third-order valence-corrected chi connectivity index (χ3v) is 13.0. The van der Waals surface area contributed by atoms with Crippen LogP contribution >= 0.6 is 7.82 Å². The SMILES string of the molecule is CCCCC/C=C\C/C=C\CCCCCCCCOCC(COP(=O)(O)OCC[N+](C)(C)C)OC(=O)CCCCCCCCCCCCCCCCCCCCCCCCCCC. The maximum absolute atomic E-state index is 12.8.